The van der Waals surface area contributed by atoms with Crippen LogP contribution in [0.5, 0.6) is 0 Å². The summed E-state index contributed by atoms with van der Waals surface area (Å²) in [5.74, 6) is -0.00876. The molecule has 2 aromatic rings. The molecule has 1 aliphatic rings. The van der Waals surface area contributed by atoms with Gasteiger partial charge in [0.05, 0.1) is 6.04 Å². The minimum atomic E-state index is -0.0885. The largest absolute Gasteiger partial charge is 0.306 e. The highest BCUT2D eigenvalue weighted by molar-refractivity contribution is 7.15. The van der Waals surface area contributed by atoms with Gasteiger partial charge in [-0.15, -0.1) is 10.2 Å². The van der Waals surface area contributed by atoms with E-state index in [4.69, 9.17) is 0 Å². The smallest absolute Gasteiger partial charge is 0.243 e. The number of carbonyl (C=O) groups excluding carboxylic acids is 1. The third-order valence-corrected chi connectivity index (χ3v) is 4.39. The van der Waals surface area contributed by atoms with Crippen LogP contribution in [0.25, 0.3) is 0 Å². The van der Waals surface area contributed by atoms with Crippen molar-refractivity contribution in [1.82, 2.24) is 15.5 Å². The van der Waals surface area contributed by atoms with E-state index in [-0.39, 0.29) is 11.9 Å². The summed E-state index contributed by atoms with van der Waals surface area (Å²) < 4.78 is 0. The van der Waals surface area contributed by atoms with Crippen molar-refractivity contribution in [3.63, 3.8) is 0 Å². The van der Waals surface area contributed by atoms with Gasteiger partial charge in [0.25, 0.3) is 0 Å². The lowest BCUT2D eigenvalue weighted by molar-refractivity contribution is -0.117. The summed E-state index contributed by atoms with van der Waals surface area (Å²) in [5.41, 5.74) is 2.44. The Morgan fingerprint density at radius 2 is 2.19 bits per heavy atom. The fourth-order valence-electron chi connectivity index (χ4n) is 2.36. The van der Waals surface area contributed by atoms with Crippen LogP contribution in [0.2, 0.25) is 0 Å². The number of nitrogens with zero attached hydrogens (tertiary/aromatic N) is 2. The fraction of sp³-hybridized carbons (Fsp3) is 0.400. The predicted octanol–water partition coefficient (Wildman–Crippen LogP) is 2.13. The van der Waals surface area contributed by atoms with Gasteiger partial charge in [-0.25, -0.2) is 0 Å². The summed E-state index contributed by atoms with van der Waals surface area (Å²) >= 11 is 1.44. The van der Waals surface area contributed by atoms with Gasteiger partial charge in [-0.3, -0.25) is 10.1 Å². The molecule has 2 N–H and O–H groups in total. The summed E-state index contributed by atoms with van der Waals surface area (Å²) in [4.78, 5) is 12.0. The molecule has 5 nitrogen and oxygen atoms in total. The maximum absolute atomic E-state index is 12.0. The lowest BCUT2D eigenvalue weighted by Gasteiger charge is -2.07. The van der Waals surface area contributed by atoms with Crippen LogP contribution >= 0.6 is 11.3 Å². The monoisotopic (exact) mass is 302 g/mol. The molecular weight excluding hydrogens is 284 g/mol. The Hall–Kier alpha value is -1.79. The number of nitrogens with one attached hydrogen (secondary N) is 2. The Morgan fingerprint density at radius 1 is 1.38 bits per heavy atom. The zero-order valence-electron chi connectivity index (χ0n) is 11.9. The highest BCUT2D eigenvalue weighted by atomic mass is 32.1. The molecule has 1 atom stereocenters. The number of hydrogen-bond donors (Lipinski definition) is 2. The minimum Gasteiger partial charge on any atom is -0.306 e. The Balaban J connectivity index is 1.60. The molecule has 1 fully saturated rings. The van der Waals surface area contributed by atoms with Crippen molar-refractivity contribution in [2.45, 2.75) is 32.2 Å². The molecule has 1 aromatic carbocycles. The van der Waals surface area contributed by atoms with Crippen LogP contribution in [0.3, 0.4) is 0 Å². The van der Waals surface area contributed by atoms with Gasteiger partial charge in [0, 0.05) is 6.42 Å². The molecule has 21 heavy (non-hydrogen) atoms. The molecule has 3 rings (SSSR count). The van der Waals surface area contributed by atoms with Gasteiger partial charge in [-0.05, 0) is 31.9 Å². The molecule has 1 aromatic heterocycles. The van der Waals surface area contributed by atoms with Gasteiger partial charge < -0.3 is 5.32 Å². The molecule has 0 aliphatic carbocycles. The third kappa shape index (κ3) is 3.65. The van der Waals surface area contributed by atoms with Crippen molar-refractivity contribution in [2.24, 2.45) is 0 Å². The first-order chi connectivity index (χ1) is 10.2. The van der Waals surface area contributed by atoms with Gasteiger partial charge >= 0.3 is 0 Å². The second-order valence-electron chi connectivity index (χ2n) is 5.30. The first kappa shape index (κ1) is 14.2. The first-order valence-electron chi connectivity index (χ1n) is 7.13. The number of amides is 1. The van der Waals surface area contributed by atoms with E-state index in [0.717, 1.165) is 30.8 Å². The zero-order valence-corrected chi connectivity index (χ0v) is 12.7. The van der Waals surface area contributed by atoms with E-state index in [0.29, 0.717) is 5.13 Å². The number of rotatable bonds is 4. The quantitative estimate of drug-likeness (QED) is 0.908. The van der Waals surface area contributed by atoms with Gasteiger partial charge in [0.1, 0.15) is 5.01 Å². The van der Waals surface area contributed by atoms with Crippen LogP contribution in [0.1, 0.15) is 29.0 Å². The first-order valence-corrected chi connectivity index (χ1v) is 7.94. The van der Waals surface area contributed by atoms with Crippen LogP contribution in [-0.2, 0) is 11.2 Å². The number of carbonyl (C=O) groups is 1. The molecule has 1 amide bonds. The second-order valence-corrected chi connectivity index (χ2v) is 6.36. The summed E-state index contributed by atoms with van der Waals surface area (Å²) in [6.45, 7) is 2.98. The average molecular weight is 302 g/mol. The van der Waals surface area contributed by atoms with Gasteiger partial charge in [0.15, 0.2) is 0 Å². The molecule has 0 radical (unpaired) electrons. The molecule has 110 valence electrons. The van der Waals surface area contributed by atoms with E-state index in [2.05, 4.69) is 52.0 Å². The number of aromatic nitrogens is 2. The van der Waals surface area contributed by atoms with E-state index < -0.39 is 0 Å². The molecular formula is C15H18N4OS. The maximum atomic E-state index is 12.0. The molecule has 1 unspecified atom stereocenters. The van der Waals surface area contributed by atoms with Crippen molar-refractivity contribution in [1.29, 1.82) is 0 Å². The topological polar surface area (TPSA) is 66.9 Å². The van der Waals surface area contributed by atoms with Gasteiger partial charge in [0.2, 0.25) is 11.0 Å². The van der Waals surface area contributed by atoms with Crippen LogP contribution in [-0.4, -0.2) is 28.7 Å². The normalized spacial score (nSPS) is 17.9. The summed E-state index contributed by atoms with van der Waals surface area (Å²) in [6, 6.07) is 8.28. The third-order valence-electron chi connectivity index (χ3n) is 3.55. The van der Waals surface area contributed by atoms with Crippen LogP contribution in [0, 0.1) is 6.92 Å². The number of hydrogen-bond acceptors (Lipinski definition) is 5. The summed E-state index contributed by atoms with van der Waals surface area (Å²) in [7, 11) is 0. The Kier molecular flexibility index (Phi) is 4.26. The molecule has 2 heterocycles. The standard InChI is InChI=1S/C15H18N4OS/c1-10-4-6-11(7-5-10)9-13-18-19-15(21-13)17-14(20)12-3-2-8-16-12/h4-7,12,16H,2-3,8-9H2,1H3,(H,17,19,20). The summed E-state index contributed by atoms with van der Waals surface area (Å²) in [6.07, 6.45) is 2.68. The highest BCUT2D eigenvalue weighted by Crippen LogP contribution is 2.19. The average Bonchev–Trinajstić information content (AvgIpc) is 3.13. The highest BCUT2D eigenvalue weighted by Gasteiger charge is 2.22. The maximum Gasteiger partial charge on any atom is 0.243 e. The second kappa shape index (κ2) is 6.32. The predicted molar refractivity (Wildman–Crippen MR) is 83.5 cm³/mol. The Labute approximate surface area is 127 Å². The van der Waals surface area contributed by atoms with Crippen LogP contribution < -0.4 is 10.6 Å². The summed E-state index contributed by atoms with van der Waals surface area (Å²) in [5, 5.41) is 15.7. The molecule has 6 heteroatoms. The molecule has 0 saturated carbocycles. The van der Waals surface area contributed by atoms with Crippen molar-refractivity contribution in [3.8, 4) is 0 Å². The zero-order chi connectivity index (χ0) is 14.7. The number of anilines is 1. The minimum absolute atomic E-state index is 0.00876. The van der Waals surface area contributed by atoms with E-state index >= 15 is 0 Å². The lowest BCUT2D eigenvalue weighted by atomic mass is 10.1. The van der Waals surface area contributed by atoms with E-state index in [9.17, 15) is 4.79 Å². The van der Waals surface area contributed by atoms with Crippen LogP contribution in [0.4, 0.5) is 5.13 Å². The molecule has 0 bridgehead atoms. The van der Waals surface area contributed by atoms with Crippen molar-refractivity contribution < 1.29 is 4.79 Å². The van der Waals surface area contributed by atoms with E-state index in [1.54, 1.807) is 0 Å². The fourth-order valence-corrected chi connectivity index (χ4v) is 3.13. The van der Waals surface area contributed by atoms with Crippen molar-refractivity contribution >= 4 is 22.4 Å². The Bertz CT molecular complexity index is 617. The lowest BCUT2D eigenvalue weighted by Crippen LogP contribution is -2.35. The molecule has 1 saturated heterocycles. The number of aryl methyl sites for hydroxylation is 1. The van der Waals surface area contributed by atoms with Crippen molar-refractivity contribution in [2.75, 3.05) is 11.9 Å². The van der Waals surface area contributed by atoms with E-state index in [1.165, 1.54) is 22.5 Å². The van der Waals surface area contributed by atoms with Gasteiger partial charge in [-0.2, -0.15) is 0 Å². The van der Waals surface area contributed by atoms with E-state index in [1.807, 2.05) is 0 Å². The van der Waals surface area contributed by atoms with Crippen LogP contribution in [0.15, 0.2) is 24.3 Å². The molecule has 0 spiro atoms. The SMILES string of the molecule is Cc1ccc(Cc2nnc(NC(=O)C3CCCN3)s2)cc1. The Morgan fingerprint density at radius 3 is 2.90 bits per heavy atom. The molecule has 1 aliphatic heterocycles. The number of benzene rings is 1. The van der Waals surface area contributed by atoms with Gasteiger partial charge in [-0.1, -0.05) is 41.2 Å². The van der Waals surface area contributed by atoms with Crippen molar-refractivity contribution in [3.05, 3.63) is 40.4 Å².